The van der Waals surface area contributed by atoms with Crippen LogP contribution in [0.25, 0.3) is 0 Å². The van der Waals surface area contributed by atoms with E-state index >= 15 is 0 Å². The van der Waals surface area contributed by atoms with Crippen molar-refractivity contribution in [3.63, 3.8) is 0 Å². The van der Waals surface area contributed by atoms with Gasteiger partial charge in [0.15, 0.2) is 0 Å². The van der Waals surface area contributed by atoms with Crippen LogP contribution in [-0.4, -0.2) is 25.8 Å². The van der Waals surface area contributed by atoms with E-state index < -0.39 is 0 Å². The maximum absolute atomic E-state index is 6.01. The second kappa shape index (κ2) is 6.61. The van der Waals surface area contributed by atoms with Gasteiger partial charge < -0.3 is 10.1 Å². The Balaban J connectivity index is 1.53. The molecule has 1 aliphatic carbocycles. The Bertz CT molecular complexity index is 181. The van der Waals surface area contributed by atoms with E-state index in [1.807, 2.05) is 0 Å². The molecule has 0 aromatic heterocycles. The van der Waals surface area contributed by atoms with E-state index in [0.29, 0.717) is 6.10 Å². The van der Waals surface area contributed by atoms with Gasteiger partial charge in [0.1, 0.15) is 0 Å². The predicted octanol–water partition coefficient (Wildman–Crippen LogP) is 2.97. The van der Waals surface area contributed by atoms with E-state index in [2.05, 4.69) is 12.2 Å². The molecule has 1 aliphatic heterocycles. The first kappa shape index (κ1) is 12.4. The minimum absolute atomic E-state index is 0.581. The van der Waals surface area contributed by atoms with Crippen LogP contribution in [0.15, 0.2) is 0 Å². The average molecular weight is 225 g/mol. The van der Waals surface area contributed by atoms with Gasteiger partial charge in [-0.05, 0) is 69.9 Å². The minimum Gasteiger partial charge on any atom is -0.378 e. The highest BCUT2D eigenvalue weighted by Crippen LogP contribution is 2.26. The largest absolute Gasteiger partial charge is 0.378 e. The summed E-state index contributed by atoms with van der Waals surface area (Å²) in [6.45, 7) is 5.80. The van der Waals surface area contributed by atoms with Crippen molar-refractivity contribution in [2.75, 3.05) is 19.7 Å². The fourth-order valence-electron chi connectivity index (χ4n) is 2.97. The lowest BCUT2D eigenvalue weighted by molar-refractivity contribution is 0.0117. The van der Waals surface area contributed by atoms with Gasteiger partial charge in [0, 0.05) is 6.61 Å². The van der Waals surface area contributed by atoms with E-state index in [1.165, 1.54) is 58.0 Å². The summed E-state index contributed by atoms with van der Waals surface area (Å²) in [5.74, 6) is 1.85. The van der Waals surface area contributed by atoms with Gasteiger partial charge >= 0.3 is 0 Å². The average Bonchev–Trinajstić information content (AvgIpc) is 2.33. The molecule has 0 bridgehead atoms. The van der Waals surface area contributed by atoms with Crippen LogP contribution in [0.1, 0.15) is 51.9 Å². The molecule has 1 N–H and O–H groups in total. The number of hydrogen-bond acceptors (Lipinski definition) is 2. The first-order chi connectivity index (χ1) is 7.84. The summed E-state index contributed by atoms with van der Waals surface area (Å²) in [4.78, 5) is 0. The van der Waals surface area contributed by atoms with Crippen LogP contribution in [0.4, 0.5) is 0 Å². The van der Waals surface area contributed by atoms with Gasteiger partial charge in [0.25, 0.3) is 0 Å². The fraction of sp³-hybridized carbons (Fsp3) is 1.00. The summed E-state index contributed by atoms with van der Waals surface area (Å²) < 4.78 is 6.01. The third kappa shape index (κ3) is 4.06. The lowest BCUT2D eigenvalue weighted by Crippen LogP contribution is -2.29. The van der Waals surface area contributed by atoms with Crippen LogP contribution >= 0.6 is 0 Å². The Kier molecular flexibility index (Phi) is 5.11. The van der Waals surface area contributed by atoms with E-state index in [-0.39, 0.29) is 0 Å². The van der Waals surface area contributed by atoms with Gasteiger partial charge in [-0.3, -0.25) is 0 Å². The topological polar surface area (TPSA) is 21.3 Å². The highest BCUT2D eigenvalue weighted by molar-refractivity contribution is 4.71. The van der Waals surface area contributed by atoms with Crippen molar-refractivity contribution in [1.82, 2.24) is 5.32 Å². The summed E-state index contributed by atoms with van der Waals surface area (Å²) in [6, 6.07) is 0. The van der Waals surface area contributed by atoms with E-state index in [4.69, 9.17) is 4.74 Å². The summed E-state index contributed by atoms with van der Waals surface area (Å²) >= 11 is 0. The second-order valence-electron chi connectivity index (χ2n) is 5.73. The zero-order valence-electron chi connectivity index (χ0n) is 10.7. The Hall–Kier alpha value is -0.0800. The van der Waals surface area contributed by atoms with Gasteiger partial charge in [0.05, 0.1) is 6.10 Å². The zero-order chi connectivity index (χ0) is 11.2. The Morgan fingerprint density at radius 1 is 1.00 bits per heavy atom. The van der Waals surface area contributed by atoms with E-state index in [1.54, 1.807) is 0 Å². The number of rotatable bonds is 4. The molecule has 94 valence electrons. The summed E-state index contributed by atoms with van der Waals surface area (Å²) in [7, 11) is 0. The molecular formula is C14H27NO. The summed E-state index contributed by atoms with van der Waals surface area (Å²) in [5.41, 5.74) is 0. The van der Waals surface area contributed by atoms with Crippen LogP contribution in [-0.2, 0) is 4.74 Å². The predicted molar refractivity (Wildman–Crippen MR) is 67.6 cm³/mol. The van der Waals surface area contributed by atoms with Gasteiger partial charge in [-0.1, -0.05) is 6.92 Å². The summed E-state index contributed by atoms with van der Waals surface area (Å²) in [5, 5.41) is 3.42. The van der Waals surface area contributed by atoms with E-state index in [9.17, 15) is 0 Å². The molecule has 2 fully saturated rings. The molecule has 0 unspecified atom stereocenters. The molecular weight excluding hydrogens is 198 g/mol. The van der Waals surface area contributed by atoms with Gasteiger partial charge in [-0.15, -0.1) is 0 Å². The molecule has 1 saturated heterocycles. The van der Waals surface area contributed by atoms with Gasteiger partial charge in [0.2, 0.25) is 0 Å². The molecule has 2 heteroatoms. The van der Waals surface area contributed by atoms with Crippen molar-refractivity contribution in [2.24, 2.45) is 11.8 Å². The lowest BCUT2D eigenvalue weighted by Gasteiger charge is -2.28. The lowest BCUT2D eigenvalue weighted by atomic mass is 9.89. The quantitative estimate of drug-likeness (QED) is 0.794. The normalized spacial score (nSPS) is 32.8. The number of piperidine rings is 1. The van der Waals surface area contributed by atoms with Gasteiger partial charge in [-0.25, -0.2) is 0 Å². The van der Waals surface area contributed by atoms with Crippen LogP contribution in [0.5, 0.6) is 0 Å². The molecule has 0 spiro atoms. The van der Waals surface area contributed by atoms with E-state index in [0.717, 1.165) is 18.4 Å². The first-order valence-corrected chi connectivity index (χ1v) is 7.17. The fourth-order valence-corrected chi connectivity index (χ4v) is 2.97. The van der Waals surface area contributed by atoms with Crippen molar-refractivity contribution < 1.29 is 4.74 Å². The number of hydrogen-bond donors (Lipinski definition) is 1. The molecule has 0 atom stereocenters. The zero-order valence-corrected chi connectivity index (χ0v) is 10.7. The monoisotopic (exact) mass is 225 g/mol. The van der Waals surface area contributed by atoms with Crippen molar-refractivity contribution in [3.8, 4) is 0 Å². The first-order valence-electron chi connectivity index (χ1n) is 7.17. The molecule has 0 aromatic rings. The number of nitrogens with one attached hydrogen (secondary N) is 1. The second-order valence-corrected chi connectivity index (χ2v) is 5.73. The molecule has 0 radical (unpaired) electrons. The Morgan fingerprint density at radius 2 is 1.69 bits per heavy atom. The van der Waals surface area contributed by atoms with Crippen LogP contribution < -0.4 is 5.32 Å². The molecule has 1 heterocycles. The van der Waals surface area contributed by atoms with Crippen LogP contribution in [0.3, 0.4) is 0 Å². The van der Waals surface area contributed by atoms with Crippen molar-refractivity contribution in [2.45, 2.75) is 58.0 Å². The van der Waals surface area contributed by atoms with Crippen molar-refractivity contribution >= 4 is 0 Å². The number of ether oxygens (including phenoxy) is 1. The molecule has 2 nitrogen and oxygen atoms in total. The minimum atomic E-state index is 0.581. The van der Waals surface area contributed by atoms with Crippen molar-refractivity contribution in [1.29, 1.82) is 0 Å². The van der Waals surface area contributed by atoms with Crippen LogP contribution in [0, 0.1) is 11.8 Å². The maximum Gasteiger partial charge on any atom is 0.0575 e. The maximum atomic E-state index is 6.01. The third-order valence-corrected chi connectivity index (χ3v) is 4.30. The molecule has 1 saturated carbocycles. The molecule has 0 aromatic carbocycles. The Labute approximate surface area is 100 Å². The third-order valence-electron chi connectivity index (χ3n) is 4.30. The smallest absolute Gasteiger partial charge is 0.0575 e. The SMILES string of the molecule is CC1CCC(OCCC2CCNCC2)CC1. The Morgan fingerprint density at radius 3 is 2.38 bits per heavy atom. The highest BCUT2D eigenvalue weighted by atomic mass is 16.5. The summed E-state index contributed by atoms with van der Waals surface area (Å²) in [6.07, 6.45) is 9.92. The molecule has 16 heavy (non-hydrogen) atoms. The van der Waals surface area contributed by atoms with Crippen LogP contribution in [0.2, 0.25) is 0 Å². The molecule has 0 amide bonds. The van der Waals surface area contributed by atoms with Gasteiger partial charge in [-0.2, -0.15) is 0 Å². The molecule has 2 aliphatic rings. The van der Waals surface area contributed by atoms with Crippen molar-refractivity contribution in [3.05, 3.63) is 0 Å². The molecule has 2 rings (SSSR count). The standard InChI is InChI=1S/C14H27NO/c1-12-2-4-14(5-3-12)16-11-8-13-6-9-15-10-7-13/h12-15H,2-11H2,1H3. The highest BCUT2D eigenvalue weighted by Gasteiger charge is 2.19.